The highest BCUT2D eigenvalue weighted by atomic mass is 32.2. The molecule has 27 heavy (non-hydrogen) atoms. The molecule has 1 aliphatic heterocycles. The van der Waals surface area contributed by atoms with E-state index in [1.54, 1.807) is 36.2 Å². The predicted octanol–water partition coefficient (Wildman–Crippen LogP) is 1.72. The highest BCUT2D eigenvalue weighted by Crippen LogP contribution is 2.15. The maximum Gasteiger partial charge on any atom is 0.321 e. The molecule has 0 radical (unpaired) electrons. The second kappa shape index (κ2) is 9.52. The molecule has 1 fully saturated rings. The predicted molar refractivity (Wildman–Crippen MR) is 110 cm³/mol. The summed E-state index contributed by atoms with van der Waals surface area (Å²) in [4.78, 5) is 18.8. The van der Waals surface area contributed by atoms with Crippen LogP contribution in [-0.4, -0.2) is 88.8 Å². The number of carbonyl (C=O) groups excluding carboxylic acids is 1. The molecule has 2 amide bonds. The van der Waals surface area contributed by atoms with Gasteiger partial charge in [0.05, 0.1) is 5.75 Å². The lowest BCUT2D eigenvalue weighted by Crippen LogP contribution is -2.45. The molecule has 1 saturated heterocycles. The van der Waals surface area contributed by atoms with Crippen LogP contribution in [0.5, 0.6) is 0 Å². The summed E-state index contributed by atoms with van der Waals surface area (Å²) < 4.78 is 22.9. The fraction of sp³-hybridized carbons (Fsp3) is 0.632. The number of amides is 2. The number of likely N-dealkylation sites (tertiary alicyclic amines) is 1. The number of urea groups is 1. The Kier molecular flexibility index (Phi) is 7.64. The maximum atomic E-state index is 12.4. The zero-order valence-electron chi connectivity index (χ0n) is 16.8. The van der Waals surface area contributed by atoms with Gasteiger partial charge in [-0.15, -0.1) is 0 Å². The molecule has 0 aliphatic carbocycles. The fourth-order valence-corrected chi connectivity index (χ4v) is 4.07. The first kappa shape index (κ1) is 21.7. The van der Waals surface area contributed by atoms with Crippen molar-refractivity contribution in [2.24, 2.45) is 0 Å². The van der Waals surface area contributed by atoms with Gasteiger partial charge in [0.25, 0.3) is 0 Å². The third-order valence-corrected chi connectivity index (χ3v) is 5.91. The highest BCUT2D eigenvalue weighted by Gasteiger charge is 2.21. The van der Waals surface area contributed by atoms with Crippen molar-refractivity contribution in [1.82, 2.24) is 14.7 Å². The van der Waals surface area contributed by atoms with Gasteiger partial charge in [0.1, 0.15) is 0 Å². The Labute approximate surface area is 163 Å². The molecule has 0 atom stereocenters. The number of sulfone groups is 1. The van der Waals surface area contributed by atoms with Crippen molar-refractivity contribution in [3.8, 4) is 0 Å². The highest BCUT2D eigenvalue weighted by molar-refractivity contribution is 7.89. The number of rotatable bonds is 7. The van der Waals surface area contributed by atoms with E-state index in [2.05, 4.69) is 29.2 Å². The van der Waals surface area contributed by atoms with Crippen LogP contribution in [0, 0.1) is 0 Å². The Balaban J connectivity index is 1.82. The molecule has 8 heteroatoms. The molecular weight excluding hydrogens is 364 g/mol. The zero-order valence-corrected chi connectivity index (χ0v) is 17.6. The second-order valence-electron chi connectivity index (χ2n) is 7.64. The first-order chi connectivity index (χ1) is 12.6. The molecule has 1 aromatic carbocycles. The molecule has 7 nitrogen and oxygen atoms in total. The lowest BCUT2D eigenvalue weighted by molar-refractivity contribution is 0.136. The molecule has 0 saturated carbocycles. The quantitative estimate of drug-likeness (QED) is 0.760. The zero-order chi connectivity index (χ0) is 20.0. The van der Waals surface area contributed by atoms with Crippen LogP contribution in [0.4, 0.5) is 10.5 Å². The summed E-state index contributed by atoms with van der Waals surface area (Å²) in [7, 11) is 2.95. The van der Waals surface area contributed by atoms with E-state index in [-0.39, 0.29) is 11.8 Å². The molecule has 1 heterocycles. The van der Waals surface area contributed by atoms with Crippen LogP contribution in [0.2, 0.25) is 0 Å². The van der Waals surface area contributed by atoms with E-state index >= 15 is 0 Å². The molecule has 0 aromatic heterocycles. The molecule has 1 aliphatic rings. The Morgan fingerprint density at radius 3 is 2.52 bits per heavy atom. The summed E-state index contributed by atoms with van der Waals surface area (Å²) in [5.41, 5.74) is 1.27. The van der Waals surface area contributed by atoms with E-state index in [1.165, 1.54) is 6.26 Å². The second-order valence-corrected chi connectivity index (χ2v) is 9.78. The summed E-state index contributed by atoms with van der Waals surface area (Å²) in [6, 6.07) is 7.36. The van der Waals surface area contributed by atoms with Crippen molar-refractivity contribution in [3.63, 3.8) is 0 Å². The van der Waals surface area contributed by atoms with Crippen molar-refractivity contribution in [2.45, 2.75) is 24.6 Å². The third-order valence-electron chi connectivity index (χ3n) is 5.05. The minimum atomic E-state index is -3.10. The monoisotopic (exact) mass is 396 g/mol. The number of anilines is 1. The minimum Gasteiger partial charge on any atom is -0.326 e. The Morgan fingerprint density at radius 1 is 1.22 bits per heavy atom. The van der Waals surface area contributed by atoms with Crippen molar-refractivity contribution in [3.05, 3.63) is 29.8 Å². The molecule has 1 aromatic rings. The lowest BCUT2D eigenvalue weighted by atomic mass is 10.0. The molecule has 2 rings (SSSR count). The first-order valence-electron chi connectivity index (χ1n) is 9.31. The maximum absolute atomic E-state index is 12.4. The van der Waals surface area contributed by atoms with E-state index in [1.807, 2.05) is 0 Å². The van der Waals surface area contributed by atoms with Crippen LogP contribution in [0.25, 0.3) is 0 Å². The number of hydrogen-bond donors (Lipinski definition) is 1. The normalized spacial score (nSPS) is 16.5. The van der Waals surface area contributed by atoms with Crippen LogP contribution in [0.15, 0.2) is 24.3 Å². The summed E-state index contributed by atoms with van der Waals surface area (Å²) in [6.07, 6.45) is 3.53. The summed E-state index contributed by atoms with van der Waals surface area (Å²) in [5, 5.41) is 2.84. The van der Waals surface area contributed by atoms with Gasteiger partial charge in [-0.05, 0) is 57.7 Å². The Morgan fingerprint density at radius 2 is 1.89 bits per heavy atom. The largest absolute Gasteiger partial charge is 0.326 e. The minimum absolute atomic E-state index is 0.0338. The number of benzene rings is 1. The molecule has 152 valence electrons. The molecule has 0 unspecified atom stereocenters. The van der Waals surface area contributed by atoms with Gasteiger partial charge in [0.15, 0.2) is 9.84 Å². The number of piperidine rings is 1. The molecular formula is C19H32N4O3S. The van der Waals surface area contributed by atoms with Gasteiger partial charge >= 0.3 is 6.03 Å². The van der Waals surface area contributed by atoms with Crippen LogP contribution in [0.3, 0.4) is 0 Å². The first-order valence-corrected chi connectivity index (χ1v) is 11.4. The standard InChI is InChI=1S/C19H32N4O3S/c1-21-10-8-18(9-11-21)22(2)12-13-23(3)19(24)20-17-7-5-6-16(14-17)15-27(4,25)26/h5-7,14,18H,8-13,15H2,1-4H3,(H,20,24). The van der Waals surface area contributed by atoms with Crippen molar-refractivity contribution in [2.75, 3.05) is 58.9 Å². The third kappa shape index (κ3) is 7.48. The van der Waals surface area contributed by atoms with Gasteiger partial charge in [0, 0.05) is 38.1 Å². The number of likely N-dealkylation sites (N-methyl/N-ethyl adjacent to an activating group) is 2. The lowest BCUT2D eigenvalue weighted by Gasteiger charge is -2.35. The fourth-order valence-electron chi connectivity index (χ4n) is 3.29. The van der Waals surface area contributed by atoms with Crippen molar-refractivity contribution < 1.29 is 13.2 Å². The molecule has 0 bridgehead atoms. The van der Waals surface area contributed by atoms with Crippen LogP contribution < -0.4 is 5.32 Å². The Bertz CT molecular complexity index is 730. The topological polar surface area (TPSA) is 73.0 Å². The van der Waals surface area contributed by atoms with E-state index in [0.717, 1.165) is 32.5 Å². The average molecular weight is 397 g/mol. The average Bonchev–Trinajstić information content (AvgIpc) is 2.58. The van der Waals surface area contributed by atoms with E-state index in [4.69, 9.17) is 0 Å². The number of hydrogen-bond acceptors (Lipinski definition) is 5. The molecule has 0 spiro atoms. The van der Waals surface area contributed by atoms with Crippen LogP contribution in [0.1, 0.15) is 18.4 Å². The van der Waals surface area contributed by atoms with Gasteiger partial charge < -0.3 is 20.0 Å². The summed E-state index contributed by atoms with van der Waals surface area (Å²) in [6.45, 7) is 3.70. The van der Waals surface area contributed by atoms with E-state index in [9.17, 15) is 13.2 Å². The number of nitrogens with zero attached hydrogens (tertiary/aromatic N) is 3. The van der Waals surface area contributed by atoms with Gasteiger partial charge in [-0.3, -0.25) is 0 Å². The van der Waals surface area contributed by atoms with Crippen molar-refractivity contribution in [1.29, 1.82) is 0 Å². The SMILES string of the molecule is CN1CCC(N(C)CCN(C)C(=O)Nc2cccc(CS(C)(=O)=O)c2)CC1. The van der Waals surface area contributed by atoms with Gasteiger partial charge in [-0.1, -0.05) is 12.1 Å². The number of nitrogens with one attached hydrogen (secondary N) is 1. The Hall–Kier alpha value is -1.64. The summed E-state index contributed by atoms with van der Waals surface area (Å²) >= 11 is 0. The number of carbonyl (C=O) groups is 1. The van der Waals surface area contributed by atoms with Gasteiger partial charge in [-0.2, -0.15) is 0 Å². The van der Waals surface area contributed by atoms with E-state index < -0.39 is 9.84 Å². The smallest absolute Gasteiger partial charge is 0.321 e. The van der Waals surface area contributed by atoms with Crippen molar-refractivity contribution >= 4 is 21.6 Å². The van der Waals surface area contributed by atoms with Gasteiger partial charge in [0.2, 0.25) is 0 Å². The van der Waals surface area contributed by atoms with Crippen LogP contribution in [-0.2, 0) is 15.6 Å². The van der Waals surface area contributed by atoms with Crippen LogP contribution >= 0.6 is 0 Å². The summed E-state index contributed by atoms with van der Waals surface area (Å²) in [5.74, 6) is -0.0338. The van der Waals surface area contributed by atoms with Gasteiger partial charge in [-0.25, -0.2) is 13.2 Å². The molecule has 1 N–H and O–H groups in total. The van der Waals surface area contributed by atoms with E-state index in [0.29, 0.717) is 23.8 Å².